The van der Waals surface area contributed by atoms with Crippen molar-refractivity contribution in [1.82, 2.24) is 15.5 Å². The van der Waals surface area contributed by atoms with E-state index in [0.717, 1.165) is 5.69 Å². The number of nitrogens with one attached hydrogen (secondary N) is 1. The van der Waals surface area contributed by atoms with Crippen LogP contribution in [-0.2, 0) is 16.2 Å². The number of aromatic nitrogens is 1. The van der Waals surface area contributed by atoms with Crippen molar-refractivity contribution in [2.45, 2.75) is 13.0 Å². The maximum Gasteiger partial charge on any atom is 0.327 e. The summed E-state index contributed by atoms with van der Waals surface area (Å²) in [5.74, 6) is 4.46. The molecule has 0 spiro atoms. The van der Waals surface area contributed by atoms with Crippen LogP contribution in [0.4, 0.5) is 0 Å². The van der Waals surface area contributed by atoms with Crippen LogP contribution in [0.5, 0.6) is 0 Å². The number of nitrogens with two attached hydrogens (primary N) is 1. The van der Waals surface area contributed by atoms with Gasteiger partial charge in [-0.1, -0.05) is 11.7 Å². The van der Waals surface area contributed by atoms with Gasteiger partial charge in [-0.15, -0.1) is 0 Å². The first-order chi connectivity index (χ1) is 7.72. The van der Waals surface area contributed by atoms with E-state index in [2.05, 4.69) is 9.82 Å². The van der Waals surface area contributed by atoms with Crippen LogP contribution in [0, 0.1) is 0 Å². The summed E-state index contributed by atoms with van der Waals surface area (Å²) < 4.78 is 0. The Morgan fingerprint density at radius 3 is 3.06 bits per heavy atom. The number of pyridine rings is 1. The quantitative estimate of drug-likeness (QED) is 0.515. The SMILES string of the molecule is CN(CCC(=O)ONN)Cc1ccccn1. The van der Waals surface area contributed by atoms with E-state index < -0.39 is 0 Å². The van der Waals surface area contributed by atoms with Crippen molar-refractivity contribution >= 4 is 5.97 Å². The predicted molar refractivity (Wildman–Crippen MR) is 58.6 cm³/mol. The number of carbonyl (C=O) groups is 1. The van der Waals surface area contributed by atoms with E-state index in [1.54, 1.807) is 6.20 Å². The van der Waals surface area contributed by atoms with Crippen molar-refractivity contribution in [2.24, 2.45) is 5.84 Å². The monoisotopic (exact) mass is 224 g/mol. The second-order valence-electron chi connectivity index (χ2n) is 3.40. The molecule has 0 radical (unpaired) electrons. The van der Waals surface area contributed by atoms with Gasteiger partial charge in [-0.05, 0) is 19.2 Å². The number of hydrogen-bond acceptors (Lipinski definition) is 6. The lowest BCUT2D eigenvalue weighted by Crippen LogP contribution is -2.29. The minimum absolute atomic E-state index is 0.285. The third-order valence-electron chi connectivity index (χ3n) is 2.03. The van der Waals surface area contributed by atoms with Crippen LogP contribution in [0.3, 0.4) is 0 Å². The zero-order valence-electron chi connectivity index (χ0n) is 9.22. The highest BCUT2D eigenvalue weighted by atomic mass is 16.7. The molecule has 1 aromatic heterocycles. The summed E-state index contributed by atoms with van der Waals surface area (Å²) in [5, 5.41) is 0. The fourth-order valence-electron chi connectivity index (χ4n) is 1.25. The Morgan fingerprint density at radius 1 is 1.62 bits per heavy atom. The first-order valence-electron chi connectivity index (χ1n) is 4.96. The highest BCUT2D eigenvalue weighted by Gasteiger charge is 2.06. The van der Waals surface area contributed by atoms with E-state index in [0.29, 0.717) is 13.1 Å². The van der Waals surface area contributed by atoms with Crippen molar-refractivity contribution in [2.75, 3.05) is 13.6 Å². The number of carbonyl (C=O) groups excluding carboxylic acids is 1. The van der Waals surface area contributed by atoms with E-state index in [9.17, 15) is 4.79 Å². The molecular formula is C10H16N4O2. The largest absolute Gasteiger partial charge is 0.356 e. The van der Waals surface area contributed by atoms with E-state index in [1.807, 2.05) is 35.7 Å². The van der Waals surface area contributed by atoms with E-state index >= 15 is 0 Å². The fraction of sp³-hybridized carbons (Fsp3) is 0.400. The van der Waals surface area contributed by atoms with Crippen LogP contribution in [0.2, 0.25) is 0 Å². The Kier molecular flexibility index (Phi) is 5.41. The van der Waals surface area contributed by atoms with E-state index in [1.165, 1.54) is 0 Å². The fourth-order valence-corrected chi connectivity index (χ4v) is 1.25. The summed E-state index contributed by atoms with van der Waals surface area (Å²) in [6.07, 6.45) is 2.03. The van der Waals surface area contributed by atoms with Gasteiger partial charge in [0.15, 0.2) is 0 Å². The standard InChI is InChI=1S/C10H16N4O2/c1-14(7-5-10(15)16-13-11)8-9-4-2-3-6-12-9/h2-4,6,13H,5,7-8,11H2,1H3. The van der Waals surface area contributed by atoms with Crippen LogP contribution < -0.4 is 11.4 Å². The summed E-state index contributed by atoms with van der Waals surface area (Å²) in [4.78, 5) is 21.6. The van der Waals surface area contributed by atoms with Gasteiger partial charge in [0.1, 0.15) is 0 Å². The van der Waals surface area contributed by atoms with Gasteiger partial charge in [-0.3, -0.25) is 14.7 Å². The van der Waals surface area contributed by atoms with Gasteiger partial charge >= 0.3 is 5.97 Å². The topological polar surface area (TPSA) is 80.5 Å². The molecule has 0 aliphatic rings. The van der Waals surface area contributed by atoms with Crippen molar-refractivity contribution in [3.63, 3.8) is 0 Å². The normalized spacial score (nSPS) is 10.4. The molecule has 6 nitrogen and oxygen atoms in total. The molecule has 16 heavy (non-hydrogen) atoms. The van der Waals surface area contributed by atoms with Gasteiger partial charge in [0, 0.05) is 19.3 Å². The molecule has 0 amide bonds. The summed E-state index contributed by atoms with van der Waals surface area (Å²) in [6.45, 7) is 1.29. The molecule has 0 saturated carbocycles. The predicted octanol–water partition coefficient (Wildman–Crippen LogP) is -0.175. The zero-order valence-corrected chi connectivity index (χ0v) is 9.22. The Hall–Kier alpha value is -1.50. The molecule has 3 N–H and O–H groups in total. The second kappa shape index (κ2) is 6.89. The Balaban J connectivity index is 2.26. The lowest BCUT2D eigenvalue weighted by molar-refractivity contribution is -0.151. The Morgan fingerprint density at radius 2 is 2.44 bits per heavy atom. The van der Waals surface area contributed by atoms with Gasteiger partial charge in [-0.25, -0.2) is 5.84 Å². The van der Waals surface area contributed by atoms with Crippen LogP contribution >= 0.6 is 0 Å². The molecule has 0 saturated heterocycles. The molecule has 1 aromatic rings. The van der Waals surface area contributed by atoms with Gasteiger partial charge < -0.3 is 4.84 Å². The number of rotatable bonds is 6. The van der Waals surface area contributed by atoms with Crippen LogP contribution in [-0.4, -0.2) is 29.4 Å². The van der Waals surface area contributed by atoms with E-state index in [-0.39, 0.29) is 12.4 Å². The van der Waals surface area contributed by atoms with Gasteiger partial charge in [0.25, 0.3) is 0 Å². The first kappa shape index (κ1) is 12.6. The molecule has 0 bridgehead atoms. The molecule has 0 aromatic carbocycles. The summed E-state index contributed by atoms with van der Waals surface area (Å²) in [7, 11) is 1.91. The Bertz CT molecular complexity index is 318. The van der Waals surface area contributed by atoms with Gasteiger partial charge in [0.2, 0.25) is 0 Å². The molecule has 0 fully saturated rings. The second-order valence-corrected chi connectivity index (χ2v) is 3.40. The van der Waals surface area contributed by atoms with Crippen molar-refractivity contribution < 1.29 is 9.63 Å². The van der Waals surface area contributed by atoms with Crippen molar-refractivity contribution in [1.29, 1.82) is 0 Å². The number of nitrogens with zero attached hydrogens (tertiary/aromatic N) is 2. The molecular weight excluding hydrogens is 208 g/mol. The lowest BCUT2D eigenvalue weighted by Gasteiger charge is -2.14. The van der Waals surface area contributed by atoms with Crippen molar-refractivity contribution in [3.05, 3.63) is 30.1 Å². The number of hydrazine groups is 1. The average Bonchev–Trinajstić information content (AvgIpc) is 2.28. The maximum atomic E-state index is 11.0. The van der Waals surface area contributed by atoms with Crippen LogP contribution in [0.25, 0.3) is 0 Å². The summed E-state index contributed by atoms with van der Waals surface area (Å²) >= 11 is 0. The van der Waals surface area contributed by atoms with Crippen molar-refractivity contribution in [3.8, 4) is 0 Å². The minimum Gasteiger partial charge on any atom is -0.356 e. The zero-order chi connectivity index (χ0) is 11.8. The molecule has 1 rings (SSSR count). The molecule has 0 atom stereocenters. The van der Waals surface area contributed by atoms with Gasteiger partial charge in [0.05, 0.1) is 12.1 Å². The highest BCUT2D eigenvalue weighted by Crippen LogP contribution is 1.99. The third-order valence-corrected chi connectivity index (χ3v) is 2.03. The van der Waals surface area contributed by atoms with E-state index in [4.69, 9.17) is 5.84 Å². The molecule has 88 valence electrons. The minimum atomic E-state index is -0.379. The van der Waals surface area contributed by atoms with Crippen LogP contribution in [0.1, 0.15) is 12.1 Å². The summed E-state index contributed by atoms with van der Waals surface area (Å²) in [5.41, 5.74) is 2.83. The van der Waals surface area contributed by atoms with Crippen LogP contribution in [0.15, 0.2) is 24.4 Å². The summed E-state index contributed by atoms with van der Waals surface area (Å²) in [6, 6.07) is 5.74. The first-order valence-corrected chi connectivity index (χ1v) is 4.96. The smallest absolute Gasteiger partial charge is 0.327 e. The number of hydrogen-bond donors (Lipinski definition) is 2. The van der Waals surface area contributed by atoms with Gasteiger partial charge in [-0.2, -0.15) is 0 Å². The molecule has 0 aliphatic carbocycles. The third kappa shape index (κ3) is 4.83. The maximum absolute atomic E-state index is 11.0. The molecule has 0 unspecified atom stereocenters. The lowest BCUT2D eigenvalue weighted by atomic mass is 10.3. The Labute approximate surface area is 94.3 Å². The average molecular weight is 224 g/mol. The highest BCUT2D eigenvalue weighted by molar-refractivity contribution is 5.69. The molecule has 6 heteroatoms. The molecule has 1 heterocycles. The molecule has 0 aliphatic heterocycles.